The van der Waals surface area contributed by atoms with E-state index in [9.17, 15) is 22.4 Å². The molecule has 1 aliphatic rings. The molecule has 3 aromatic carbocycles. The number of halogens is 3. The minimum absolute atomic E-state index is 0.111. The fourth-order valence-electron chi connectivity index (χ4n) is 4.91. The van der Waals surface area contributed by atoms with Crippen LogP contribution in [0.4, 0.5) is 4.39 Å². The fraction of sp³-hybridized carbons (Fsp3) is 0.310. The summed E-state index contributed by atoms with van der Waals surface area (Å²) < 4.78 is 46.2. The average Bonchev–Trinajstić information content (AvgIpc) is 2.90. The molecule has 0 radical (unpaired) electrons. The SMILES string of the molecule is CCC[C@@H](C(=O)NS(C)(=O)=O)N1C(=O)[C@@H](Cc2ccc(F)cc2)O[C@H](c2ccc(Cl)cc2)[C@@H]1c1ccc(Cl)cc1. The van der Waals surface area contributed by atoms with Crippen LogP contribution in [0.5, 0.6) is 0 Å². The highest BCUT2D eigenvalue weighted by Gasteiger charge is 2.48. The summed E-state index contributed by atoms with van der Waals surface area (Å²) in [5.74, 6) is -1.71. The van der Waals surface area contributed by atoms with E-state index in [1.54, 1.807) is 60.7 Å². The van der Waals surface area contributed by atoms with Gasteiger partial charge in [0, 0.05) is 16.5 Å². The van der Waals surface area contributed by atoms with E-state index in [1.807, 2.05) is 6.92 Å². The number of hydrogen-bond donors (Lipinski definition) is 1. The Hall–Kier alpha value is -2.98. The second-order valence-electron chi connectivity index (χ2n) is 9.71. The average molecular weight is 608 g/mol. The normalized spacial score (nSPS) is 20.3. The number of hydrogen-bond acceptors (Lipinski definition) is 5. The third kappa shape index (κ3) is 7.20. The Bertz CT molecular complexity index is 1450. The highest BCUT2D eigenvalue weighted by molar-refractivity contribution is 7.89. The molecule has 1 saturated heterocycles. The molecule has 0 unspecified atom stereocenters. The number of benzene rings is 3. The lowest BCUT2D eigenvalue weighted by molar-refractivity contribution is -0.181. The van der Waals surface area contributed by atoms with Gasteiger partial charge in [0.1, 0.15) is 24.1 Å². The van der Waals surface area contributed by atoms with Crippen LogP contribution in [0.1, 0.15) is 48.6 Å². The molecule has 1 aliphatic heterocycles. The van der Waals surface area contributed by atoms with E-state index in [-0.39, 0.29) is 12.8 Å². The largest absolute Gasteiger partial charge is 0.358 e. The fourth-order valence-corrected chi connectivity index (χ4v) is 5.66. The van der Waals surface area contributed by atoms with Crippen molar-refractivity contribution in [2.45, 2.75) is 50.5 Å². The van der Waals surface area contributed by atoms with Gasteiger partial charge in [-0.15, -0.1) is 0 Å². The lowest BCUT2D eigenvalue weighted by atomic mass is 9.88. The first-order valence-electron chi connectivity index (χ1n) is 12.7. The van der Waals surface area contributed by atoms with Gasteiger partial charge in [-0.2, -0.15) is 0 Å². The third-order valence-corrected chi connectivity index (χ3v) is 7.73. The summed E-state index contributed by atoms with van der Waals surface area (Å²) in [4.78, 5) is 29.1. The van der Waals surface area contributed by atoms with E-state index in [0.29, 0.717) is 33.2 Å². The zero-order valence-corrected chi connectivity index (χ0v) is 24.2. The molecule has 2 amide bonds. The van der Waals surface area contributed by atoms with Gasteiger partial charge in [0.15, 0.2) is 0 Å². The van der Waals surface area contributed by atoms with Crippen molar-refractivity contribution >= 4 is 45.0 Å². The molecule has 4 rings (SSSR count). The highest BCUT2D eigenvalue weighted by Crippen LogP contribution is 2.44. The van der Waals surface area contributed by atoms with E-state index in [1.165, 1.54) is 17.0 Å². The summed E-state index contributed by atoms with van der Waals surface area (Å²) in [7, 11) is -3.90. The summed E-state index contributed by atoms with van der Waals surface area (Å²) in [5.41, 5.74) is 2.00. The minimum Gasteiger partial charge on any atom is -0.358 e. The molecular formula is C29H29Cl2FN2O5S. The summed E-state index contributed by atoms with van der Waals surface area (Å²) in [6.07, 6.45) is -0.104. The van der Waals surface area contributed by atoms with E-state index in [4.69, 9.17) is 27.9 Å². The first-order valence-corrected chi connectivity index (χ1v) is 15.4. The number of carbonyl (C=O) groups excluding carboxylic acids is 2. The van der Waals surface area contributed by atoms with Gasteiger partial charge in [0.25, 0.3) is 11.8 Å². The second kappa shape index (κ2) is 12.7. The second-order valence-corrected chi connectivity index (χ2v) is 12.3. The molecule has 0 spiro atoms. The molecule has 0 aromatic heterocycles. The monoisotopic (exact) mass is 606 g/mol. The van der Waals surface area contributed by atoms with Crippen LogP contribution in [0.25, 0.3) is 0 Å². The van der Waals surface area contributed by atoms with Gasteiger partial charge < -0.3 is 9.64 Å². The molecule has 40 heavy (non-hydrogen) atoms. The molecule has 3 aromatic rings. The van der Waals surface area contributed by atoms with Crippen molar-refractivity contribution in [2.24, 2.45) is 0 Å². The summed E-state index contributed by atoms with van der Waals surface area (Å²) in [5, 5.41) is 0.991. The van der Waals surface area contributed by atoms with Gasteiger partial charge in [0.2, 0.25) is 10.0 Å². The van der Waals surface area contributed by atoms with Crippen LogP contribution in [-0.2, 0) is 30.8 Å². The Morgan fingerprint density at radius 1 is 0.975 bits per heavy atom. The summed E-state index contributed by atoms with van der Waals surface area (Å²) in [6, 6.07) is 17.6. The van der Waals surface area contributed by atoms with Crippen LogP contribution in [0.3, 0.4) is 0 Å². The first kappa shape index (κ1) is 30.0. The number of morpholine rings is 1. The lowest BCUT2D eigenvalue weighted by Crippen LogP contribution is -2.59. The van der Waals surface area contributed by atoms with Crippen LogP contribution >= 0.6 is 23.2 Å². The van der Waals surface area contributed by atoms with E-state index in [2.05, 4.69) is 4.72 Å². The number of amides is 2. The Kier molecular flexibility index (Phi) is 9.51. The topological polar surface area (TPSA) is 92.8 Å². The molecule has 1 fully saturated rings. The van der Waals surface area contributed by atoms with Gasteiger partial charge in [-0.05, 0) is 59.5 Å². The molecule has 4 atom stereocenters. The molecule has 1 heterocycles. The number of rotatable bonds is 9. The molecule has 1 N–H and O–H groups in total. The van der Waals surface area contributed by atoms with Crippen LogP contribution in [0.15, 0.2) is 72.8 Å². The number of nitrogens with one attached hydrogen (secondary N) is 1. The maximum absolute atomic E-state index is 14.2. The predicted octanol–water partition coefficient (Wildman–Crippen LogP) is 5.63. The molecule has 7 nitrogen and oxygen atoms in total. The zero-order valence-electron chi connectivity index (χ0n) is 21.9. The van der Waals surface area contributed by atoms with Crippen LogP contribution in [-0.4, -0.2) is 43.5 Å². The third-order valence-electron chi connectivity index (χ3n) is 6.66. The van der Waals surface area contributed by atoms with Crippen molar-refractivity contribution in [3.8, 4) is 0 Å². The van der Waals surface area contributed by atoms with Crippen molar-refractivity contribution < 1.29 is 27.1 Å². The van der Waals surface area contributed by atoms with Crippen LogP contribution in [0.2, 0.25) is 10.0 Å². The van der Waals surface area contributed by atoms with E-state index >= 15 is 0 Å². The van der Waals surface area contributed by atoms with Crippen molar-refractivity contribution in [1.82, 2.24) is 9.62 Å². The molecule has 0 aliphatic carbocycles. The summed E-state index contributed by atoms with van der Waals surface area (Å²) >= 11 is 12.3. The standard InChI is InChI=1S/C29H29Cl2FN2O5S/c1-3-4-24(28(35)33-40(2,37)38)34-26(19-7-11-21(30)12-8-19)27(20-9-13-22(31)14-10-20)39-25(29(34)36)17-18-5-15-23(32)16-6-18/h5-16,24-27H,3-4,17H2,1-2H3,(H,33,35)/t24-,25+,26-,27+/m0/s1. The molecule has 0 bridgehead atoms. The number of nitrogens with zero attached hydrogens (tertiary/aromatic N) is 1. The van der Waals surface area contributed by atoms with Crippen LogP contribution in [0, 0.1) is 5.82 Å². The molecule has 0 saturated carbocycles. The molecule has 212 valence electrons. The predicted molar refractivity (Wildman–Crippen MR) is 152 cm³/mol. The minimum atomic E-state index is -3.90. The molecular weight excluding hydrogens is 578 g/mol. The number of ether oxygens (including phenoxy) is 1. The van der Waals surface area contributed by atoms with E-state index in [0.717, 1.165) is 6.26 Å². The quantitative estimate of drug-likeness (QED) is 0.341. The lowest BCUT2D eigenvalue weighted by Gasteiger charge is -2.47. The van der Waals surface area contributed by atoms with Gasteiger partial charge in [-0.3, -0.25) is 14.3 Å². The summed E-state index contributed by atoms with van der Waals surface area (Å²) in [6.45, 7) is 1.84. The smallest absolute Gasteiger partial charge is 0.256 e. The first-order chi connectivity index (χ1) is 19.0. The van der Waals surface area contributed by atoms with Crippen molar-refractivity contribution in [3.63, 3.8) is 0 Å². The van der Waals surface area contributed by atoms with Crippen molar-refractivity contribution in [1.29, 1.82) is 0 Å². The highest BCUT2D eigenvalue weighted by atomic mass is 35.5. The van der Waals surface area contributed by atoms with Gasteiger partial charge >= 0.3 is 0 Å². The number of carbonyl (C=O) groups is 2. The Morgan fingerprint density at radius 3 is 2.05 bits per heavy atom. The maximum Gasteiger partial charge on any atom is 0.256 e. The van der Waals surface area contributed by atoms with Crippen molar-refractivity contribution in [3.05, 3.63) is 105 Å². The zero-order chi connectivity index (χ0) is 29.0. The maximum atomic E-state index is 14.2. The van der Waals surface area contributed by atoms with Gasteiger partial charge in [-0.1, -0.05) is 72.9 Å². The van der Waals surface area contributed by atoms with Gasteiger partial charge in [-0.25, -0.2) is 12.8 Å². The number of sulfonamides is 1. The van der Waals surface area contributed by atoms with E-state index < -0.39 is 51.9 Å². The van der Waals surface area contributed by atoms with Crippen LogP contribution < -0.4 is 4.72 Å². The Balaban J connectivity index is 1.88. The Morgan fingerprint density at radius 2 is 1.52 bits per heavy atom. The molecule has 11 heteroatoms. The van der Waals surface area contributed by atoms with Gasteiger partial charge in [0.05, 0.1) is 12.3 Å². The Labute approximate surface area is 243 Å². The van der Waals surface area contributed by atoms with Crippen molar-refractivity contribution in [2.75, 3.05) is 6.26 Å².